The zero-order chi connectivity index (χ0) is 12.8. The van der Waals surface area contributed by atoms with Crippen LogP contribution in [0.5, 0.6) is 0 Å². The van der Waals surface area contributed by atoms with E-state index in [0.29, 0.717) is 6.54 Å². The van der Waals surface area contributed by atoms with Crippen molar-refractivity contribution in [1.82, 2.24) is 20.2 Å². The molecule has 0 amide bonds. The average Bonchev–Trinajstić information content (AvgIpc) is 2.74. The fraction of sp³-hybridized carbons (Fsp3) is 0.800. The number of aliphatic carboxylic acids is 1. The van der Waals surface area contributed by atoms with Gasteiger partial charge in [-0.3, -0.25) is 4.79 Å². The van der Waals surface area contributed by atoms with Crippen molar-refractivity contribution in [2.24, 2.45) is 0 Å². The first-order valence-electron chi connectivity index (χ1n) is 5.59. The molecule has 0 aliphatic rings. The summed E-state index contributed by atoms with van der Waals surface area (Å²) in [7, 11) is 1.49. The van der Waals surface area contributed by atoms with Gasteiger partial charge in [-0.15, -0.1) is 5.10 Å². The highest BCUT2D eigenvalue weighted by molar-refractivity contribution is 5.67. The predicted molar refractivity (Wildman–Crippen MR) is 59.6 cm³/mol. The van der Waals surface area contributed by atoms with Crippen LogP contribution in [0.3, 0.4) is 0 Å². The summed E-state index contributed by atoms with van der Waals surface area (Å²) < 4.78 is 6.72. The van der Waals surface area contributed by atoms with Crippen LogP contribution in [-0.4, -0.2) is 44.5 Å². The standard InChI is InChI=1S/C10H18N4O3/c1-4-7(2)10-11-12-13-14(10)6-8(17-3)5-9(15)16/h7-8H,4-6H2,1-3H3,(H,15,16). The SMILES string of the molecule is CCC(C)c1nnnn1CC(CC(=O)O)OC. The van der Waals surface area contributed by atoms with Gasteiger partial charge >= 0.3 is 5.97 Å². The smallest absolute Gasteiger partial charge is 0.306 e. The molecule has 96 valence electrons. The molecule has 1 heterocycles. The van der Waals surface area contributed by atoms with Crippen LogP contribution < -0.4 is 0 Å². The van der Waals surface area contributed by atoms with Crippen LogP contribution in [0.25, 0.3) is 0 Å². The van der Waals surface area contributed by atoms with Gasteiger partial charge in [0.25, 0.3) is 0 Å². The summed E-state index contributed by atoms with van der Waals surface area (Å²) in [5.41, 5.74) is 0. The number of nitrogens with zero attached hydrogens (tertiary/aromatic N) is 4. The van der Waals surface area contributed by atoms with Gasteiger partial charge in [-0.1, -0.05) is 13.8 Å². The van der Waals surface area contributed by atoms with Crippen molar-refractivity contribution in [2.75, 3.05) is 7.11 Å². The Morgan fingerprint density at radius 3 is 2.82 bits per heavy atom. The predicted octanol–water partition coefficient (Wildman–Crippen LogP) is 0.676. The Balaban J connectivity index is 2.72. The summed E-state index contributed by atoms with van der Waals surface area (Å²) >= 11 is 0. The van der Waals surface area contributed by atoms with E-state index in [2.05, 4.69) is 22.4 Å². The van der Waals surface area contributed by atoms with E-state index in [9.17, 15) is 4.79 Å². The molecule has 1 aromatic rings. The fourth-order valence-electron chi connectivity index (χ4n) is 1.49. The zero-order valence-corrected chi connectivity index (χ0v) is 10.3. The lowest BCUT2D eigenvalue weighted by Gasteiger charge is -2.15. The largest absolute Gasteiger partial charge is 0.481 e. The van der Waals surface area contributed by atoms with Crippen molar-refractivity contribution in [3.05, 3.63) is 5.82 Å². The summed E-state index contributed by atoms with van der Waals surface area (Å²) in [5, 5.41) is 20.2. The number of tetrazole rings is 1. The van der Waals surface area contributed by atoms with Crippen LogP contribution >= 0.6 is 0 Å². The Kier molecular flexibility index (Phi) is 5.02. The van der Waals surface area contributed by atoms with E-state index in [-0.39, 0.29) is 12.3 Å². The second-order valence-electron chi connectivity index (χ2n) is 3.98. The van der Waals surface area contributed by atoms with Crippen molar-refractivity contribution in [3.63, 3.8) is 0 Å². The van der Waals surface area contributed by atoms with Gasteiger partial charge < -0.3 is 9.84 Å². The van der Waals surface area contributed by atoms with Crippen LogP contribution in [0.1, 0.15) is 38.4 Å². The number of carboxylic acid groups (broad SMARTS) is 1. The maximum absolute atomic E-state index is 10.6. The van der Waals surface area contributed by atoms with Gasteiger partial charge in [-0.05, 0) is 16.8 Å². The fourth-order valence-corrected chi connectivity index (χ4v) is 1.49. The first kappa shape index (κ1) is 13.6. The molecule has 17 heavy (non-hydrogen) atoms. The van der Waals surface area contributed by atoms with Gasteiger partial charge in [0.15, 0.2) is 5.82 Å². The van der Waals surface area contributed by atoms with Crippen LogP contribution in [-0.2, 0) is 16.1 Å². The highest BCUT2D eigenvalue weighted by Crippen LogP contribution is 2.15. The van der Waals surface area contributed by atoms with Gasteiger partial charge in [0.2, 0.25) is 0 Å². The molecule has 0 fully saturated rings. The topological polar surface area (TPSA) is 90.1 Å². The zero-order valence-electron chi connectivity index (χ0n) is 10.3. The van der Waals surface area contributed by atoms with Crippen molar-refractivity contribution in [3.8, 4) is 0 Å². The first-order valence-corrected chi connectivity index (χ1v) is 5.59. The molecule has 2 atom stereocenters. The molecule has 7 heteroatoms. The molecule has 0 aliphatic carbocycles. The number of methoxy groups -OCH3 is 1. The number of carboxylic acids is 1. The normalized spacial score (nSPS) is 14.5. The molecule has 1 aromatic heterocycles. The van der Waals surface area contributed by atoms with E-state index in [4.69, 9.17) is 9.84 Å². The number of aromatic nitrogens is 4. The minimum atomic E-state index is -0.894. The molecule has 0 spiro atoms. The molecule has 0 saturated heterocycles. The average molecular weight is 242 g/mol. The van der Waals surface area contributed by atoms with Gasteiger partial charge in [0, 0.05) is 13.0 Å². The molecule has 1 rings (SSSR count). The minimum absolute atomic E-state index is 0.0592. The Hall–Kier alpha value is -1.50. The lowest BCUT2D eigenvalue weighted by Crippen LogP contribution is -2.24. The highest BCUT2D eigenvalue weighted by Gasteiger charge is 2.18. The maximum atomic E-state index is 10.6. The van der Waals surface area contributed by atoms with Crippen molar-refractivity contribution in [2.45, 2.75) is 45.3 Å². The second kappa shape index (κ2) is 6.29. The van der Waals surface area contributed by atoms with Crippen LogP contribution in [0, 0.1) is 0 Å². The van der Waals surface area contributed by atoms with Gasteiger partial charge in [-0.25, -0.2) is 4.68 Å². The van der Waals surface area contributed by atoms with Crippen LogP contribution in [0.4, 0.5) is 0 Å². The third-order valence-electron chi connectivity index (χ3n) is 2.72. The van der Waals surface area contributed by atoms with Gasteiger partial charge in [0.05, 0.1) is 19.1 Å². The number of hydrogen-bond donors (Lipinski definition) is 1. The summed E-state index contributed by atoms with van der Waals surface area (Å²) in [4.78, 5) is 10.6. The molecule has 0 aliphatic heterocycles. The van der Waals surface area contributed by atoms with Gasteiger partial charge in [-0.2, -0.15) is 0 Å². The summed E-state index contributed by atoms with van der Waals surface area (Å²) in [6, 6.07) is 0. The molecular weight excluding hydrogens is 224 g/mol. The van der Waals surface area contributed by atoms with E-state index in [1.807, 2.05) is 6.92 Å². The summed E-state index contributed by atoms with van der Waals surface area (Å²) in [5.74, 6) is 0.113. The molecule has 7 nitrogen and oxygen atoms in total. The van der Waals surface area contributed by atoms with E-state index in [0.717, 1.165) is 12.2 Å². The van der Waals surface area contributed by atoms with E-state index in [1.165, 1.54) is 7.11 Å². The Labute approximate surface area is 99.8 Å². The molecule has 2 unspecified atom stereocenters. The Morgan fingerprint density at radius 1 is 1.59 bits per heavy atom. The number of carbonyl (C=O) groups is 1. The van der Waals surface area contributed by atoms with Crippen LogP contribution in [0.2, 0.25) is 0 Å². The molecule has 0 saturated carbocycles. The van der Waals surface area contributed by atoms with E-state index < -0.39 is 12.1 Å². The van der Waals surface area contributed by atoms with Crippen molar-refractivity contribution >= 4 is 5.97 Å². The first-order chi connectivity index (χ1) is 8.08. The Bertz CT molecular complexity index is 366. The Morgan fingerprint density at radius 2 is 2.29 bits per heavy atom. The molecule has 0 radical (unpaired) electrons. The number of ether oxygens (including phenoxy) is 1. The maximum Gasteiger partial charge on any atom is 0.306 e. The molecule has 1 N–H and O–H groups in total. The summed E-state index contributed by atoms with van der Waals surface area (Å²) in [6.07, 6.45) is 0.451. The van der Waals surface area contributed by atoms with E-state index >= 15 is 0 Å². The van der Waals surface area contributed by atoms with Crippen molar-refractivity contribution < 1.29 is 14.6 Å². The van der Waals surface area contributed by atoms with Crippen LogP contribution in [0.15, 0.2) is 0 Å². The molecule has 0 bridgehead atoms. The number of rotatable bonds is 7. The third-order valence-corrected chi connectivity index (χ3v) is 2.72. The number of hydrogen-bond acceptors (Lipinski definition) is 5. The summed E-state index contributed by atoms with van der Waals surface area (Å²) in [6.45, 7) is 4.44. The van der Waals surface area contributed by atoms with E-state index in [1.54, 1.807) is 4.68 Å². The third kappa shape index (κ3) is 3.77. The lowest BCUT2D eigenvalue weighted by atomic mass is 10.1. The quantitative estimate of drug-likeness (QED) is 0.756. The van der Waals surface area contributed by atoms with Gasteiger partial charge in [0.1, 0.15) is 0 Å². The second-order valence-corrected chi connectivity index (χ2v) is 3.98. The highest BCUT2D eigenvalue weighted by atomic mass is 16.5. The molecular formula is C10H18N4O3. The molecule has 0 aromatic carbocycles. The minimum Gasteiger partial charge on any atom is -0.481 e. The monoisotopic (exact) mass is 242 g/mol. The van der Waals surface area contributed by atoms with Crippen molar-refractivity contribution in [1.29, 1.82) is 0 Å². The lowest BCUT2D eigenvalue weighted by molar-refractivity contribution is -0.140.